The van der Waals surface area contributed by atoms with Crippen LogP contribution in [0.15, 0.2) is 40.9 Å². The molecule has 2 N–H and O–H groups in total. The molecule has 1 aliphatic rings. The molecule has 0 radical (unpaired) electrons. The van der Waals surface area contributed by atoms with E-state index in [1.165, 1.54) is 0 Å². The summed E-state index contributed by atoms with van der Waals surface area (Å²) in [4.78, 5) is 13.8. The van der Waals surface area contributed by atoms with Crippen molar-refractivity contribution in [2.75, 3.05) is 18.5 Å². The van der Waals surface area contributed by atoms with Crippen molar-refractivity contribution in [3.8, 4) is 11.3 Å². The molecule has 1 atom stereocenters. The molecule has 1 aliphatic heterocycles. The zero-order chi connectivity index (χ0) is 14.7. The van der Waals surface area contributed by atoms with Gasteiger partial charge < -0.3 is 14.5 Å². The number of hydrogen-bond acceptors (Lipinski definition) is 4. The normalized spacial score (nSPS) is 18.0. The van der Waals surface area contributed by atoms with Crippen LogP contribution in [0, 0.1) is 0 Å². The number of hydrogen-bond donors (Lipinski definition) is 2. The number of likely N-dealkylation sites (tertiary alicyclic amines) is 1. The van der Waals surface area contributed by atoms with E-state index in [0.717, 1.165) is 18.4 Å². The summed E-state index contributed by atoms with van der Waals surface area (Å²) in [5.74, 6) is 0.980. The molecular weight excluding hydrogens is 270 g/mol. The Balaban J connectivity index is 1.69. The summed E-state index contributed by atoms with van der Waals surface area (Å²) < 4.78 is 5.23. The monoisotopic (exact) mass is 287 g/mol. The quantitative estimate of drug-likeness (QED) is 0.908. The summed E-state index contributed by atoms with van der Waals surface area (Å²) in [7, 11) is 0. The number of nitrogens with zero attached hydrogens (tertiary/aromatic N) is 2. The van der Waals surface area contributed by atoms with Gasteiger partial charge in [-0.3, -0.25) is 5.32 Å². The van der Waals surface area contributed by atoms with Crippen LogP contribution >= 0.6 is 0 Å². The molecule has 110 valence electrons. The third kappa shape index (κ3) is 2.90. The number of benzene rings is 1. The van der Waals surface area contributed by atoms with E-state index in [2.05, 4.69) is 10.5 Å². The molecular formula is C15H17N3O3. The molecule has 1 fully saturated rings. The minimum Gasteiger partial charge on any atom is -0.394 e. The fourth-order valence-electron chi connectivity index (χ4n) is 2.55. The van der Waals surface area contributed by atoms with Crippen molar-refractivity contribution in [2.24, 2.45) is 0 Å². The van der Waals surface area contributed by atoms with Gasteiger partial charge in [-0.15, -0.1) is 0 Å². The number of urea groups is 1. The van der Waals surface area contributed by atoms with Gasteiger partial charge in [-0.2, -0.15) is 0 Å². The molecule has 1 saturated heterocycles. The van der Waals surface area contributed by atoms with Crippen LogP contribution in [0.5, 0.6) is 0 Å². The molecule has 6 nitrogen and oxygen atoms in total. The van der Waals surface area contributed by atoms with Crippen LogP contribution in [-0.4, -0.2) is 40.4 Å². The third-order valence-corrected chi connectivity index (χ3v) is 3.65. The van der Waals surface area contributed by atoms with Gasteiger partial charge in [-0.05, 0) is 12.8 Å². The van der Waals surface area contributed by atoms with Gasteiger partial charge in [0, 0.05) is 18.2 Å². The second kappa shape index (κ2) is 5.97. The van der Waals surface area contributed by atoms with Crippen molar-refractivity contribution in [3.63, 3.8) is 0 Å². The van der Waals surface area contributed by atoms with Crippen LogP contribution in [0.4, 0.5) is 10.6 Å². The highest BCUT2D eigenvalue weighted by Crippen LogP contribution is 2.23. The maximum Gasteiger partial charge on any atom is 0.323 e. The van der Waals surface area contributed by atoms with E-state index in [9.17, 15) is 9.90 Å². The first-order valence-corrected chi connectivity index (χ1v) is 6.98. The average Bonchev–Trinajstić information content (AvgIpc) is 3.16. The second-order valence-corrected chi connectivity index (χ2v) is 5.04. The zero-order valence-corrected chi connectivity index (χ0v) is 11.5. The van der Waals surface area contributed by atoms with Crippen molar-refractivity contribution < 1.29 is 14.4 Å². The maximum atomic E-state index is 12.2. The van der Waals surface area contributed by atoms with E-state index in [1.807, 2.05) is 30.3 Å². The minimum absolute atomic E-state index is 0.0124. The van der Waals surface area contributed by atoms with E-state index in [0.29, 0.717) is 18.1 Å². The average molecular weight is 287 g/mol. The smallest absolute Gasteiger partial charge is 0.323 e. The lowest BCUT2D eigenvalue weighted by atomic mass is 10.2. The van der Waals surface area contributed by atoms with Crippen molar-refractivity contribution >= 4 is 11.8 Å². The highest BCUT2D eigenvalue weighted by Gasteiger charge is 2.28. The Hall–Kier alpha value is -2.34. The summed E-state index contributed by atoms with van der Waals surface area (Å²) in [6, 6.07) is 10.9. The lowest BCUT2D eigenvalue weighted by molar-refractivity contribution is 0.166. The molecule has 21 heavy (non-hydrogen) atoms. The summed E-state index contributed by atoms with van der Waals surface area (Å²) in [5, 5.41) is 15.8. The van der Waals surface area contributed by atoms with Gasteiger partial charge >= 0.3 is 6.03 Å². The van der Waals surface area contributed by atoms with E-state index in [-0.39, 0.29) is 18.7 Å². The van der Waals surface area contributed by atoms with Crippen molar-refractivity contribution in [3.05, 3.63) is 36.4 Å². The predicted octanol–water partition coefficient (Wildman–Crippen LogP) is 2.33. The molecule has 2 amide bonds. The largest absolute Gasteiger partial charge is 0.394 e. The van der Waals surface area contributed by atoms with Gasteiger partial charge in [-0.1, -0.05) is 35.5 Å². The van der Waals surface area contributed by atoms with Crippen LogP contribution < -0.4 is 5.32 Å². The van der Waals surface area contributed by atoms with Crippen LogP contribution in [0.3, 0.4) is 0 Å². The van der Waals surface area contributed by atoms with E-state index >= 15 is 0 Å². The van der Waals surface area contributed by atoms with E-state index in [1.54, 1.807) is 11.0 Å². The number of amides is 2. The van der Waals surface area contributed by atoms with E-state index in [4.69, 9.17) is 4.52 Å². The van der Waals surface area contributed by atoms with Gasteiger partial charge in [0.05, 0.1) is 12.6 Å². The standard InChI is InChI=1S/C15H17N3O3/c19-10-12-7-4-8-18(12)15(20)16-14-9-13(21-17-14)11-5-2-1-3-6-11/h1-3,5-6,9,12,19H,4,7-8,10H2,(H,16,17,20)/t12-/m0/s1. The lowest BCUT2D eigenvalue weighted by Gasteiger charge is -2.22. The molecule has 2 aromatic rings. The van der Waals surface area contributed by atoms with Crippen LogP contribution in [0.25, 0.3) is 11.3 Å². The maximum absolute atomic E-state index is 12.2. The van der Waals surface area contributed by atoms with Crippen molar-refractivity contribution in [1.29, 1.82) is 0 Å². The van der Waals surface area contributed by atoms with Gasteiger partial charge in [-0.25, -0.2) is 4.79 Å². The molecule has 0 aliphatic carbocycles. The van der Waals surface area contributed by atoms with Gasteiger partial charge in [0.2, 0.25) is 0 Å². The molecule has 1 aromatic carbocycles. The number of carbonyl (C=O) groups excluding carboxylic acids is 1. The molecule has 0 spiro atoms. The first-order chi connectivity index (χ1) is 10.3. The Morgan fingerprint density at radius 3 is 3.00 bits per heavy atom. The molecule has 0 saturated carbocycles. The van der Waals surface area contributed by atoms with Gasteiger partial charge in [0.15, 0.2) is 11.6 Å². The van der Waals surface area contributed by atoms with Gasteiger partial charge in [0.25, 0.3) is 0 Å². The topological polar surface area (TPSA) is 78.6 Å². The fraction of sp³-hybridized carbons (Fsp3) is 0.333. The highest BCUT2D eigenvalue weighted by molar-refractivity contribution is 5.89. The number of rotatable bonds is 3. The molecule has 3 rings (SSSR count). The molecule has 6 heteroatoms. The SMILES string of the molecule is O=C(Nc1cc(-c2ccccc2)on1)N1CCC[C@H]1CO. The first kappa shape index (κ1) is 13.6. The van der Waals surface area contributed by atoms with E-state index < -0.39 is 0 Å². The van der Waals surface area contributed by atoms with Crippen LogP contribution in [0.1, 0.15) is 12.8 Å². The first-order valence-electron chi connectivity index (χ1n) is 6.98. The summed E-state index contributed by atoms with van der Waals surface area (Å²) in [6.07, 6.45) is 1.74. The number of carbonyl (C=O) groups is 1. The Kier molecular flexibility index (Phi) is 3.87. The van der Waals surface area contributed by atoms with Gasteiger partial charge in [0.1, 0.15) is 0 Å². The zero-order valence-electron chi connectivity index (χ0n) is 11.5. The molecule has 0 bridgehead atoms. The molecule has 1 aromatic heterocycles. The number of aromatic nitrogens is 1. The highest BCUT2D eigenvalue weighted by atomic mass is 16.5. The van der Waals surface area contributed by atoms with Crippen LogP contribution in [-0.2, 0) is 0 Å². The molecule has 0 unspecified atom stereocenters. The summed E-state index contributed by atoms with van der Waals surface area (Å²) in [5.41, 5.74) is 0.903. The number of nitrogens with one attached hydrogen (secondary N) is 1. The van der Waals surface area contributed by atoms with Crippen molar-refractivity contribution in [1.82, 2.24) is 10.1 Å². The second-order valence-electron chi connectivity index (χ2n) is 5.04. The predicted molar refractivity (Wildman–Crippen MR) is 77.8 cm³/mol. The fourth-order valence-corrected chi connectivity index (χ4v) is 2.55. The number of anilines is 1. The minimum atomic E-state index is -0.250. The Morgan fingerprint density at radius 1 is 1.43 bits per heavy atom. The Morgan fingerprint density at radius 2 is 2.24 bits per heavy atom. The summed E-state index contributed by atoms with van der Waals surface area (Å²) >= 11 is 0. The summed E-state index contributed by atoms with van der Waals surface area (Å²) in [6.45, 7) is 0.641. The van der Waals surface area contributed by atoms with Crippen molar-refractivity contribution in [2.45, 2.75) is 18.9 Å². The number of aliphatic hydroxyl groups excluding tert-OH is 1. The third-order valence-electron chi connectivity index (χ3n) is 3.65. The Bertz CT molecular complexity index is 612. The number of aliphatic hydroxyl groups is 1. The lowest BCUT2D eigenvalue weighted by Crippen LogP contribution is -2.40. The molecule has 2 heterocycles. The Labute approximate surface area is 122 Å². The van der Waals surface area contributed by atoms with Crippen LogP contribution in [0.2, 0.25) is 0 Å².